The molecule has 7 heteroatoms. The SMILES string of the molecule is CCN(CC)C(C)OC(=O)c1ccc(NC(=O)COc2ccc(Cl)cc2)cc1. The van der Waals surface area contributed by atoms with Crippen molar-refractivity contribution in [2.45, 2.75) is 27.0 Å². The predicted octanol–water partition coefficient (Wildman–Crippen LogP) is 4.20. The van der Waals surface area contributed by atoms with Crippen LogP contribution in [0.25, 0.3) is 0 Å². The van der Waals surface area contributed by atoms with E-state index >= 15 is 0 Å². The first-order chi connectivity index (χ1) is 13.4. The fraction of sp³-hybridized carbons (Fsp3) is 0.333. The number of halogens is 1. The molecule has 150 valence electrons. The maximum Gasteiger partial charge on any atom is 0.339 e. The monoisotopic (exact) mass is 404 g/mol. The number of anilines is 1. The molecule has 0 fully saturated rings. The Kier molecular flexibility index (Phi) is 8.29. The van der Waals surface area contributed by atoms with Gasteiger partial charge in [-0.3, -0.25) is 9.69 Å². The van der Waals surface area contributed by atoms with Crippen LogP contribution in [-0.4, -0.2) is 42.7 Å². The molecule has 1 atom stereocenters. The van der Waals surface area contributed by atoms with Gasteiger partial charge in [0.2, 0.25) is 0 Å². The van der Waals surface area contributed by atoms with Gasteiger partial charge in [0, 0.05) is 10.7 Å². The van der Waals surface area contributed by atoms with Crippen molar-refractivity contribution in [2.24, 2.45) is 0 Å². The summed E-state index contributed by atoms with van der Waals surface area (Å²) >= 11 is 5.80. The molecule has 2 aromatic rings. The van der Waals surface area contributed by atoms with E-state index in [4.69, 9.17) is 21.1 Å². The van der Waals surface area contributed by atoms with Gasteiger partial charge in [0.1, 0.15) is 5.75 Å². The zero-order chi connectivity index (χ0) is 20.5. The molecule has 0 aliphatic rings. The highest BCUT2D eigenvalue weighted by Crippen LogP contribution is 2.16. The van der Waals surface area contributed by atoms with Crippen LogP contribution in [0.15, 0.2) is 48.5 Å². The van der Waals surface area contributed by atoms with Gasteiger partial charge in [0.05, 0.1) is 5.56 Å². The van der Waals surface area contributed by atoms with E-state index in [1.807, 2.05) is 25.7 Å². The first-order valence-electron chi connectivity index (χ1n) is 9.16. The van der Waals surface area contributed by atoms with Crippen LogP contribution in [0.1, 0.15) is 31.1 Å². The van der Waals surface area contributed by atoms with Crippen LogP contribution in [-0.2, 0) is 9.53 Å². The summed E-state index contributed by atoms with van der Waals surface area (Å²) in [6.07, 6.45) is -0.299. The first-order valence-corrected chi connectivity index (χ1v) is 9.54. The summed E-state index contributed by atoms with van der Waals surface area (Å²) in [5.41, 5.74) is 0.993. The van der Waals surface area contributed by atoms with Gasteiger partial charge < -0.3 is 14.8 Å². The molecule has 6 nitrogen and oxygen atoms in total. The second-order valence-corrected chi connectivity index (χ2v) is 6.53. The smallest absolute Gasteiger partial charge is 0.339 e. The molecule has 0 radical (unpaired) electrons. The number of ether oxygens (including phenoxy) is 2. The first kappa shape index (κ1) is 21.7. The van der Waals surface area contributed by atoms with Crippen molar-refractivity contribution in [1.29, 1.82) is 0 Å². The van der Waals surface area contributed by atoms with Crippen LogP contribution < -0.4 is 10.1 Å². The molecule has 1 unspecified atom stereocenters. The molecule has 1 N–H and O–H groups in total. The van der Waals surface area contributed by atoms with Crippen molar-refractivity contribution in [3.8, 4) is 5.75 Å². The lowest BCUT2D eigenvalue weighted by Crippen LogP contribution is -2.36. The fourth-order valence-electron chi connectivity index (χ4n) is 2.60. The molecule has 0 bridgehead atoms. The number of amides is 1. The fourth-order valence-corrected chi connectivity index (χ4v) is 2.73. The third kappa shape index (κ3) is 6.55. The van der Waals surface area contributed by atoms with Crippen LogP contribution in [0.3, 0.4) is 0 Å². The van der Waals surface area contributed by atoms with Crippen molar-refractivity contribution in [3.05, 3.63) is 59.1 Å². The number of hydrogen-bond donors (Lipinski definition) is 1. The van der Waals surface area contributed by atoms with Gasteiger partial charge in [-0.05, 0) is 68.5 Å². The largest absolute Gasteiger partial charge is 0.484 e. The number of benzene rings is 2. The Balaban J connectivity index is 1.85. The lowest BCUT2D eigenvalue weighted by molar-refractivity contribution is -0.118. The number of nitrogens with zero attached hydrogens (tertiary/aromatic N) is 1. The average Bonchev–Trinajstić information content (AvgIpc) is 2.69. The summed E-state index contributed by atoms with van der Waals surface area (Å²) in [6.45, 7) is 7.35. The Labute approximate surface area is 170 Å². The number of hydrogen-bond acceptors (Lipinski definition) is 5. The van der Waals surface area contributed by atoms with Gasteiger partial charge in [0.25, 0.3) is 5.91 Å². The number of esters is 1. The molecule has 0 heterocycles. The van der Waals surface area contributed by atoms with E-state index in [-0.39, 0.29) is 18.7 Å². The lowest BCUT2D eigenvalue weighted by atomic mass is 10.2. The Morgan fingerprint density at radius 1 is 1.04 bits per heavy atom. The number of rotatable bonds is 9. The topological polar surface area (TPSA) is 67.9 Å². The second kappa shape index (κ2) is 10.7. The number of nitrogens with one attached hydrogen (secondary N) is 1. The van der Waals surface area contributed by atoms with E-state index in [1.54, 1.807) is 48.5 Å². The molecular formula is C21H25ClN2O4. The van der Waals surface area contributed by atoms with E-state index in [1.165, 1.54) is 0 Å². The molecule has 28 heavy (non-hydrogen) atoms. The zero-order valence-corrected chi connectivity index (χ0v) is 17.0. The van der Waals surface area contributed by atoms with Gasteiger partial charge >= 0.3 is 5.97 Å². The summed E-state index contributed by atoms with van der Waals surface area (Å²) in [5, 5.41) is 3.32. The second-order valence-electron chi connectivity index (χ2n) is 6.09. The molecule has 2 aromatic carbocycles. The van der Waals surface area contributed by atoms with E-state index in [2.05, 4.69) is 5.32 Å². The van der Waals surface area contributed by atoms with E-state index in [9.17, 15) is 9.59 Å². The predicted molar refractivity (Wildman–Crippen MR) is 110 cm³/mol. The van der Waals surface area contributed by atoms with Crippen LogP contribution in [0, 0.1) is 0 Å². The maximum atomic E-state index is 12.2. The van der Waals surface area contributed by atoms with E-state index in [0.717, 1.165) is 13.1 Å². The van der Waals surface area contributed by atoms with Gasteiger partial charge in [-0.25, -0.2) is 4.79 Å². The summed E-state index contributed by atoms with van der Waals surface area (Å²) in [6, 6.07) is 13.3. The third-order valence-electron chi connectivity index (χ3n) is 4.19. The molecule has 0 aliphatic heterocycles. The van der Waals surface area contributed by atoms with Crippen molar-refractivity contribution < 1.29 is 19.1 Å². The number of carbonyl (C=O) groups excluding carboxylic acids is 2. The normalized spacial score (nSPS) is 11.8. The molecule has 0 saturated heterocycles. The van der Waals surface area contributed by atoms with Gasteiger partial charge in [0.15, 0.2) is 12.8 Å². The lowest BCUT2D eigenvalue weighted by Gasteiger charge is -2.25. The Bertz CT molecular complexity index is 774. The minimum Gasteiger partial charge on any atom is -0.484 e. The molecule has 0 aromatic heterocycles. The van der Waals surface area contributed by atoms with Gasteiger partial charge in [-0.2, -0.15) is 0 Å². The van der Waals surface area contributed by atoms with Crippen molar-refractivity contribution >= 4 is 29.2 Å². The van der Waals surface area contributed by atoms with Crippen molar-refractivity contribution in [3.63, 3.8) is 0 Å². The van der Waals surface area contributed by atoms with E-state index < -0.39 is 5.97 Å². The van der Waals surface area contributed by atoms with Crippen molar-refractivity contribution in [1.82, 2.24) is 4.90 Å². The van der Waals surface area contributed by atoms with Gasteiger partial charge in [-0.1, -0.05) is 25.4 Å². The standard InChI is InChI=1S/C21H25ClN2O4/c1-4-24(5-2)15(3)28-21(26)16-6-10-18(11-7-16)23-20(25)14-27-19-12-8-17(22)9-13-19/h6-13,15H,4-5,14H2,1-3H3,(H,23,25). The van der Waals surface area contributed by atoms with E-state index in [0.29, 0.717) is 22.0 Å². The average molecular weight is 405 g/mol. The molecule has 0 saturated carbocycles. The van der Waals surface area contributed by atoms with Crippen LogP contribution in [0.5, 0.6) is 5.75 Å². The van der Waals surface area contributed by atoms with Crippen LogP contribution in [0.4, 0.5) is 5.69 Å². The summed E-state index contributed by atoms with van der Waals surface area (Å²) in [5.74, 6) is -0.149. The summed E-state index contributed by atoms with van der Waals surface area (Å²) in [7, 11) is 0. The highest BCUT2D eigenvalue weighted by Gasteiger charge is 2.16. The zero-order valence-electron chi connectivity index (χ0n) is 16.3. The molecular weight excluding hydrogens is 380 g/mol. The maximum absolute atomic E-state index is 12.2. The third-order valence-corrected chi connectivity index (χ3v) is 4.44. The highest BCUT2D eigenvalue weighted by atomic mass is 35.5. The number of carbonyl (C=O) groups is 2. The van der Waals surface area contributed by atoms with Gasteiger partial charge in [-0.15, -0.1) is 0 Å². The van der Waals surface area contributed by atoms with Crippen LogP contribution >= 0.6 is 11.6 Å². The Morgan fingerprint density at radius 2 is 1.64 bits per heavy atom. The quantitative estimate of drug-likeness (QED) is 0.501. The Morgan fingerprint density at radius 3 is 2.21 bits per heavy atom. The Hall–Kier alpha value is -2.57. The minimum absolute atomic E-state index is 0.132. The molecule has 0 aliphatic carbocycles. The highest BCUT2D eigenvalue weighted by molar-refractivity contribution is 6.30. The van der Waals surface area contributed by atoms with Crippen LogP contribution in [0.2, 0.25) is 5.02 Å². The molecule has 0 spiro atoms. The summed E-state index contributed by atoms with van der Waals surface area (Å²) < 4.78 is 10.9. The van der Waals surface area contributed by atoms with Crippen molar-refractivity contribution in [2.75, 3.05) is 25.0 Å². The molecule has 2 rings (SSSR count). The summed E-state index contributed by atoms with van der Waals surface area (Å²) in [4.78, 5) is 26.3. The minimum atomic E-state index is -0.400. The molecule has 1 amide bonds.